The van der Waals surface area contributed by atoms with E-state index in [0.29, 0.717) is 5.92 Å². The molecule has 3 fully saturated rings. The minimum atomic E-state index is 0. The van der Waals surface area contributed by atoms with E-state index in [1.165, 1.54) is 70.6 Å². The summed E-state index contributed by atoms with van der Waals surface area (Å²) in [6.07, 6.45) is 18.2. The van der Waals surface area contributed by atoms with Gasteiger partial charge in [0.1, 0.15) is 0 Å². The maximum atomic E-state index is 5.17. The Morgan fingerprint density at radius 2 is 0.912 bits per heavy atom. The predicted octanol–water partition coefficient (Wildman–Crippen LogP) is 11.2. The summed E-state index contributed by atoms with van der Waals surface area (Å²) in [4.78, 5) is 0. The largest absolute Gasteiger partial charge is 0.353 e. The van der Waals surface area contributed by atoms with Gasteiger partial charge in [0.25, 0.3) is 0 Å². The van der Waals surface area contributed by atoms with Gasteiger partial charge >= 0.3 is 0 Å². The van der Waals surface area contributed by atoms with Crippen LogP contribution in [0, 0.1) is 35.5 Å². The van der Waals surface area contributed by atoms with Crippen LogP contribution in [0.5, 0.6) is 0 Å². The molecule has 3 aliphatic carbocycles. The zero-order valence-electron chi connectivity index (χ0n) is 23.1. The molecule has 0 aromatic heterocycles. The van der Waals surface area contributed by atoms with Crippen LogP contribution in [0.4, 0.5) is 0 Å². The minimum Gasteiger partial charge on any atom is -0.353 e. The van der Waals surface area contributed by atoms with E-state index in [-0.39, 0.29) is 24.0 Å². The third-order valence-electron chi connectivity index (χ3n) is 7.74. The van der Waals surface area contributed by atoms with Crippen LogP contribution < -0.4 is 0 Å². The molecule has 1 heterocycles. The summed E-state index contributed by atoms with van der Waals surface area (Å²) in [5, 5.41) is 0. The van der Waals surface area contributed by atoms with E-state index in [1.54, 1.807) is 5.57 Å². The molecule has 1 unspecified atom stereocenters. The van der Waals surface area contributed by atoms with Crippen molar-refractivity contribution in [3.05, 3.63) is 11.6 Å². The molecule has 0 amide bonds. The Morgan fingerprint density at radius 3 is 1.15 bits per heavy atom. The molecule has 1 atom stereocenters. The maximum Gasteiger partial charge on any atom is 0.154 e. The van der Waals surface area contributed by atoms with Gasteiger partial charge in [0.15, 0.2) is 6.29 Å². The van der Waals surface area contributed by atoms with Crippen molar-refractivity contribution in [2.24, 2.45) is 35.5 Å². The summed E-state index contributed by atoms with van der Waals surface area (Å²) in [5.41, 5.74) is 1.59. The van der Waals surface area contributed by atoms with Crippen LogP contribution in [0.25, 0.3) is 0 Å². The van der Waals surface area contributed by atoms with Gasteiger partial charge in [-0.25, -0.2) is 0 Å². The molecule has 0 spiro atoms. The topological polar surface area (TPSA) is 18.5 Å². The smallest absolute Gasteiger partial charge is 0.154 e. The zero-order valence-corrected chi connectivity index (χ0v) is 23.1. The Morgan fingerprint density at radius 1 is 0.559 bits per heavy atom. The summed E-state index contributed by atoms with van der Waals surface area (Å²) in [6, 6.07) is 0. The normalized spacial score (nSPS) is 35.1. The van der Waals surface area contributed by atoms with Crippen molar-refractivity contribution < 1.29 is 12.3 Å². The molecule has 210 valence electrons. The standard InChI is InChI=1S/2C8H16.C8H14.C6H12O2.2CH4.2H2/c3*1-7-3-5-8(2)6-4-7;1-5-3-7-6(2)8-4-5;;;;/h2*7-8H,3-6H2,1-2H3;3,8H,4-6H2,1-2H3;5-6H,3-4H2,1-2H3;2*1H4;2*1H. The van der Waals surface area contributed by atoms with E-state index in [4.69, 9.17) is 9.47 Å². The highest BCUT2D eigenvalue weighted by Crippen LogP contribution is 2.28. The number of hydrogen-bond acceptors (Lipinski definition) is 2. The molecular weight excluding hydrogens is 416 g/mol. The molecule has 0 aromatic carbocycles. The fourth-order valence-electron chi connectivity index (χ4n) is 4.65. The maximum absolute atomic E-state index is 5.17. The average molecular weight is 487 g/mol. The predicted molar refractivity (Wildman–Crippen MR) is 159 cm³/mol. The lowest BCUT2D eigenvalue weighted by Crippen LogP contribution is -2.27. The molecular formula is C32H70O2. The first kappa shape index (κ1) is 35.8. The minimum absolute atomic E-state index is 0. The second-order valence-corrected chi connectivity index (χ2v) is 12.0. The Bertz CT molecular complexity index is 395. The van der Waals surface area contributed by atoms with Gasteiger partial charge < -0.3 is 9.47 Å². The first-order chi connectivity index (χ1) is 15.2. The van der Waals surface area contributed by atoms with Gasteiger partial charge in [0, 0.05) is 8.77 Å². The first-order valence-electron chi connectivity index (χ1n) is 14.0. The third kappa shape index (κ3) is 18.9. The Labute approximate surface area is 220 Å². The molecule has 4 rings (SSSR count). The molecule has 0 aromatic rings. The van der Waals surface area contributed by atoms with Gasteiger partial charge in [-0.15, -0.1) is 0 Å². The fourth-order valence-corrected chi connectivity index (χ4v) is 4.65. The Hall–Kier alpha value is -0.340. The van der Waals surface area contributed by atoms with Gasteiger partial charge in [-0.3, -0.25) is 0 Å². The molecule has 2 saturated carbocycles. The molecule has 1 saturated heterocycles. The van der Waals surface area contributed by atoms with Gasteiger partial charge in [-0.2, -0.15) is 0 Å². The van der Waals surface area contributed by atoms with Crippen LogP contribution in [0.2, 0.25) is 0 Å². The molecule has 2 heteroatoms. The number of ether oxygens (including phenoxy) is 2. The number of hydrogen-bond donors (Lipinski definition) is 0. The Balaban J connectivity index is -0.000000183. The van der Waals surface area contributed by atoms with E-state index in [2.05, 4.69) is 54.5 Å². The van der Waals surface area contributed by atoms with Crippen LogP contribution in [0.15, 0.2) is 11.6 Å². The van der Waals surface area contributed by atoms with E-state index in [0.717, 1.165) is 42.8 Å². The highest BCUT2D eigenvalue weighted by atomic mass is 16.7. The van der Waals surface area contributed by atoms with Gasteiger partial charge in [0.05, 0.1) is 13.2 Å². The van der Waals surface area contributed by atoms with Crippen LogP contribution in [-0.4, -0.2) is 19.5 Å². The number of allylic oxidation sites excluding steroid dienone is 2. The van der Waals surface area contributed by atoms with Crippen LogP contribution in [0.3, 0.4) is 0 Å². The third-order valence-corrected chi connectivity index (χ3v) is 7.74. The highest BCUT2D eigenvalue weighted by molar-refractivity contribution is 5.02. The van der Waals surface area contributed by atoms with Crippen molar-refractivity contribution >= 4 is 0 Å². The lowest BCUT2D eigenvalue weighted by atomic mass is 9.84. The van der Waals surface area contributed by atoms with Gasteiger partial charge in [0.2, 0.25) is 0 Å². The second kappa shape index (κ2) is 20.8. The zero-order chi connectivity index (χ0) is 23.9. The molecule has 0 bridgehead atoms. The molecule has 2 nitrogen and oxygen atoms in total. The molecule has 0 N–H and O–H groups in total. The van der Waals surface area contributed by atoms with Crippen molar-refractivity contribution in [3.8, 4) is 0 Å². The number of rotatable bonds is 0. The van der Waals surface area contributed by atoms with Crippen LogP contribution >= 0.6 is 0 Å². The van der Waals surface area contributed by atoms with Crippen LogP contribution in [0.1, 0.15) is 144 Å². The first-order valence-corrected chi connectivity index (χ1v) is 14.0. The van der Waals surface area contributed by atoms with E-state index >= 15 is 0 Å². The second-order valence-electron chi connectivity index (χ2n) is 12.0. The fraction of sp³-hybridized carbons (Fsp3) is 0.938. The summed E-state index contributed by atoms with van der Waals surface area (Å²) in [6.45, 7) is 19.8. The molecule has 1 aliphatic heterocycles. The van der Waals surface area contributed by atoms with Crippen molar-refractivity contribution in [2.75, 3.05) is 13.2 Å². The summed E-state index contributed by atoms with van der Waals surface area (Å²) >= 11 is 0. The van der Waals surface area contributed by atoms with Crippen LogP contribution in [-0.2, 0) is 9.47 Å². The summed E-state index contributed by atoms with van der Waals surface area (Å²) in [7, 11) is 0. The van der Waals surface area contributed by atoms with E-state index in [1.807, 2.05) is 6.92 Å². The van der Waals surface area contributed by atoms with Crippen molar-refractivity contribution in [1.29, 1.82) is 0 Å². The monoisotopic (exact) mass is 487 g/mol. The Kier molecular flexibility index (Phi) is 21.9. The lowest BCUT2D eigenvalue weighted by molar-refractivity contribution is -0.187. The lowest BCUT2D eigenvalue weighted by Gasteiger charge is -2.24. The SMILES string of the molecule is C.C.CC1=CCC(C)CC1.CC1CCC(C)CC1.CC1CCC(C)CC1.CC1COC(C)OC1.[HH].[HH]. The van der Waals surface area contributed by atoms with Crippen molar-refractivity contribution in [1.82, 2.24) is 0 Å². The van der Waals surface area contributed by atoms with E-state index in [9.17, 15) is 0 Å². The van der Waals surface area contributed by atoms with E-state index < -0.39 is 0 Å². The summed E-state index contributed by atoms with van der Waals surface area (Å²) in [5.74, 6) is 5.60. The quantitative estimate of drug-likeness (QED) is 0.317. The highest BCUT2D eigenvalue weighted by Gasteiger charge is 2.14. The average Bonchev–Trinajstić information content (AvgIpc) is 2.78. The molecule has 34 heavy (non-hydrogen) atoms. The summed E-state index contributed by atoms with van der Waals surface area (Å²) < 4.78 is 10.3. The van der Waals surface area contributed by atoms with Gasteiger partial charge in [-0.05, 0) is 62.7 Å². The molecule has 4 aliphatic rings. The van der Waals surface area contributed by atoms with Gasteiger partial charge in [-0.1, -0.05) is 119 Å². The molecule has 0 radical (unpaired) electrons. The van der Waals surface area contributed by atoms with Crippen molar-refractivity contribution in [2.45, 2.75) is 147 Å². The van der Waals surface area contributed by atoms with Crippen molar-refractivity contribution in [3.63, 3.8) is 0 Å².